The van der Waals surface area contributed by atoms with E-state index >= 15 is 0 Å². The Kier molecular flexibility index (Phi) is 6.34. The molecule has 1 saturated heterocycles. The third kappa shape index (κ3) is 4.30. The predicted molar refractivity (Wildman–Crippen MR) is 135 cm³/mol. The number of hydrogen-bond donors (Lipinski definition) is 0. The molecule has 4 rings (SSSR count). The maximum Gasteiger partial charge on any atom is 0.193 e. The number of carbonyl (C=O) groups excluding carboxylic acids is 1. The zero-order valence-electron chi connectivity index (χ0n) is 21.0. The van der Waals surface area contributed by atoms with E-state index in [-0.39, 0.29) is 11.2 Å². The minimum absolute atomic E-state index is 0.103. The summed E-state index contributed by atoms with van der Waals surface area (Å²) < 4.78 is 0. The van der Waals surface area contributed by atoms with Gasteiger partial charge in [-0.25, -0.2) is 0 Å². The van der Waals surface area contributed by atoms with Crippen LogP contribution in [-0.4, -0.2) is 29.8 Å². The second kappa shape index (κ2) is 8.92. The summed E-state index contributed by atoms with van der Waals surface area (Å²) >= 11 is 0. The number of rotatable bonds is 4. The summed E-state index contributed by atoms with van der Waals surface area (Å²) in [6.07, 6.45) is 3.59. The molecule has 2 aliphatic rings. The Morgan fingerprint density at radius 1 is 1.06 bits per heavy atom. The molecular formula is C30H36N2O. The Morgan fingerprint density at radius 3 is 2.33 bits per heavy atom. The van der Waals surface area contributed by atoms with Gasteiger partial charge in [0.1, 0.15) is 0 Å². The van der Waals surface area contributed by atoms with Crippen LogP contribution in [0, 0.1) is 24.2 Å². The van der Waals surface area contributed by atoms with Crippen molar-refractivity contribution in [3.63, 3.8) is 0 Å². The van der Waals surface area contributed by atoms with Gasteiger partial charge < -0.3 is 4.90 Å². The minimum Gasteiger partial charge on any atom is -0.301 e. The summed E-state index contributed by atoms with van der Waals surface area (Å²) in [4.78, 5) is 16.3. The van der Waals surface area contributed by atoms with E-state index in [2.05, 4.69) is 63.8 Å². The molecular weight excluding hydrogens is 404 g/mol. The fourth-order valence-corrected chi connectivity index (χ4v) is 5.60. The van der Waals surface area contributed by atoms with Gasteiger partial charge >= 0.3 is 0 Å². The topological polar surface area (TPSA) is 44.1 Å². The van der Waals surface area contributed by atoms with Crippen molar-refractivity contribution in [3.05, 3.63) is 75.4 Å². The van der Waals surface area contributed by atoms with Crippen molar-refractivity contribution < 1.29 is 4.79 Å². The first-order valence-electron chi connectivity index (χ1n) is 12.3. The number of nitriles is 1. The van der Waals surface area contributed by atoms with Gasteiger partial charge in [-0.2, -0.15) is 5.26 Å². The molecule has 3 heteroatoms. The number of ketones is 1. The lowest BCUT2D eigenvalue weighted by Gasteiger charge is -2.37. The molecule has 0 atom stereocenters. The Bertz CT molecular complexity index is 1150. The lowest BCUT2D eigenvalue weighted by atomic mass is 9.67. The molecule has 33 heavy (non-hydrogen) atoms. The molecule has 1 aliphatic carbocycles. The number of piperidine rings is 1. The predicted octanol–water partition coefficient (Wildman–Crippen LogP) is 6.48. The van der Waals surface area contributed by atoms with E-state index in [1.54, 1.807) is 0 Å². The molecule has 1 aliphatic heterocycles. The molecule has 0 N–H and O–H groups in total. The van der Waals surface area contributed by atoms with Gasteiger partial charge in [0.15, 0.2) is 5.78 Å². The molecule has 1 heterocycles. The lowest BCUT2D eigenvalue weighted by Crippen LogP contribution is -2.38. The summed E-state index contributed by atoms with van der Waals surface area (Å²) in [5, 5.41) is 9.23. The van der Waals surface area contributed by atoms with Gasteiger partial charge in [-0.05, 0) is 100 Å². The van der Waals surface area contributed by atoms with E-state index in [0.29, 0.717) is 17.5 Å². The number of allylic oxidation sites excluding steroid dienone is 2. The average molecular weight is 441 g/mol. The van der Waals surface area contributed by atoms with Crippen LogP contribution in [0.15, 0.2) is 42.0 Å². The second-order valence-corrected chi connectivity index (χ2v) is 10.8. The average Bonchev–Trinajstić information content (AvgIpc) is 2.79. The number of aryl methyl sites for hydroxylation is 1. The van der Waals surface area contributed by atoms with Crippen molar-refractivity contribution in [2.75, 3.05) is 13.1 Å². The number of Topliss-reactive ketones (excluding diaryl/α,β-unsaturated/α-hetero) is 1. The highest BCUT2D eigenvalue weighted by atomic mass is 16.1. The molecule has 2 aromatic carbocycles. The molecule has 1 fully saturated rings. The van der Waals surface area contributed by atoms with Crippen molar-refractivity contribution >= 4 is 11.4 Å². The molecule has 2 aromatic rings. The van der Waals surface area contributed by atoms with Crippen LogP contribution in [0.4, 0.5) is 0 Å². The highest BCUT2D eigenvalue weighted by Gasteiger charge is 2.37. The number of fused-ring (bicyclic) bond motifs is 1. The highest BCUT2D eigenvalue weighted by molar-refractivity contribution is 6.32. The molecule has 3 nitrogen and oxygen atoms in total. The Balaban J connectivity index is 1.65. The lowest BCUT2D eigenvalue weighted by molar-refractivity contribution is 0.105. The summed E-state index contributed by atoms with van der Waals surface area (Å²) in [7, 11) is 0. The van der Waals surface area contributed by atoms with Gasteiger partial charge in [0.05, 0.1) is 11.6 Å². The summed E-state index contributed by atoms with van der Waals surface area (Å²) in [5.41, 5.74) is 7.54. The van der Waals surface area contributed by atoms with Gasteiger partial charge in [-0.1, -0.05) is 43.7 Å². The second-order valence-electron chi connectivity index (χ2n) is 10.8. The van der Waals surface area contributed by atoms with E-state index in [4.69, 9.17) is 0 Å². The molecule has 172 valence electrons. The number of carbonyl (C=O) groups is 1. The quantitative estimate of drug-likeness (QED) is 0.547. The fraction of sp³-hybridized carbons (Fsp3) is 0.467. The van der Waals surface area contributed by atoms with Gasteiger partial charge in [0, 0.05) is 22.6 Å². The minimum atomic E-state index is -0.226. The first-order chi connectivity index (χ1) is 15.6. The van der Waals surface area contributed by atoms with Crippen LogP contribution in [-0.2, 0) is 11.8 Å². The van der Waals surface area contributed by atoms with Crippen LogP contribution < -0.4 is 0 Å². The van der Waals surface area contributed by atoms with Crippen LogP contribution in [0.5, 0.6) is 0 Å². The van der Waals surface area contributed by atoms with E-state index in [0.717, 1.165) is 39.8 Å². The van der Waals surface area contributed by atoms with E-state index in [1.807, 2.05) is 25.1 Å². The largest absolute Gasteiger partial charge is 0.301 e. The van der Waals surface area contributed by atoms with E-state index in [1.165, 1.54) is 31.5 Å². The number of nitrogens with zero attached hydrogens (tertiary/aromatic N) is 2. The smallest absolute Gasteiger partial charge is 0.193 e. The molecule has 0 amide bonds. The normalized spacial score (nSPS) is 19.0. The van der Waals surface area contributed by atoms with Gasteiger partial charge in [0.2, 0.25) is 0 Å². The van der Waals surface area contributed by atoms with Crippen molar-refractivity contribution in [2.24, 2.45) is 5.92 Å². The number of hydrogen-bond acceptors (Lipinski definition) is 3. The SMILES string of the molecule is CC1=C(c2ccc(C#N)cc2C)C(=O)c2ccc(CC3CCN(C(C)C)CC3)cc2C1(C)C. The Labute approximate surface area is 199 Å². The standard InChI is InChI=1S/C30H36N2O/c1-19(2)32-13-11-22(12-14-32)16-23-7-10-26-27(17-23)30(5,6)21(4)28(29(26)33)25-9-8-24(18-31)15-20(25)3/h7-10,15,17,19,22H,11-14,16H2,1-6H3. The monoisotopic (exact) mass is 440 g/mol. The van der Waals surface area contributed by atoms with Crippen molar-refractivity contribution in [3.8, 4) is 6.07 Å². The first-order valence-corrected chi connectivity index (χ1v) is 12.3. The summed E-state index contributed by atoms with van der Waals surface area (Å²) in [5.74, 6) is 0.820. The maximum absolute atomic E-state index is 13.7. The van der Waals surface area contributed by atoms with Crippen molar-refractivity contribution in [2.45, 2.75) is 72.3 Å². The van der Waals surface area contributed by atoms with E-state index < -0.39 is 0 Å². The zero-order valence-corrected chi connectivity index (χ0v) is 21.0. The summed E-state index contributed by atoms with van der Waals surface area (Å²) in [6.45, 7) is 15.5. The van der Waals surface area contributed by atoms with Crippen LogP contribution in [0.1, 0.15) is 85.6 Å². The molecule has 0 saturated carbocycles. The Hall–Kier alpha value is -2.70. The molecule has 0 unspecified atom stereocenters. The number of likely N-dealkylation sites (tertiary alicyclic amines) is 1. The summed E-state index contributed by atoms with van der Waals surface area (Å²) in [6, 6.07) is 15.0. The van der Waals surface area contributed by atoms with E-state index in [9.17, 15) is 10.1 Å². The van der Waals surface area contributed by atoms with Gasteiger partial charge in [0.25, 0.3) is 0 Å². The van der Waals surface area contributed by atoms with Crippen LogP contribution >= 0.6 is 0 Å². The molecule has 0 bridgehead atoms. The maximum atomic E-state index is 13.7. The molecule has 0 spiro atoms. The highest BCUT2D eigenvalue weighted by Crippen LogP contribution is 2.45. The van der Waals surface area contributed by atoms with Crippen molar-refractivity contribution in [1.82, 2.24) is 4.90 Å². The number of benzene rings is 2. The van der Waals surface area contributed by atoms with Crippen LogP contribution in [0.3, 0.4) is 0 Å². The molecule has 0 radical (unpaired) electrons. The molecule has 0 aromatic heterocycles. The van der Waals surface area contributed by atoms with Gasteiger partial charge in [-0.15, -0.1) is 0 Å². The van der Waals surface area contributed by atoms with Gasteiger partial charge in [-0.3, -0.25) is 4.79 Å². The van der Waals surface area contributed by atoms with Crippen LogP contribution in [0.25, 0.3) is 5.57 Å². The zero-order chi connectivity index (χ0) is 23.9. The first kappa shape index (κ1) is 23.5. The third-order valence-electron chi connectivity index (χ3n) is 8.07. The Morgan fingerprint density at radius 2 is 1.73 bits per heavy atom. The fourth-order valence-electron chi connectivity index (χ4n) is 5.60. The van der Waals surface area contributed by atoms with Crippen molar-refractivity contribution in [1.29, 1.82) is 5.26 Å². The third-order valence-corrected chi connectivity index (χ3v) is 8.07. The van der Waals surface area contributed by atoms with Crippen LogP contribution in [0.2, 0.25) is 0 Å².